The Kier molecular flexibility index (Phi) is 7.49. The van der Waals surface area contributed by atoms with Crippen molar-refractivity contribution in [2.75, 3.05) is 72.6 Å². The molecule has 3 aliphatic rings. The number of hydrogen-bond donors (Lipinski definition) is 0. The van der Waals surface area contributed by atoms with Crippen molar-refractivity contribution in [2.45, 2.75) is 38.6 Å². The second-order valence-electron chi connectivity index (χ2n) is 8.21. The monoisotopic (exact) mass is 380 g/mol. The first kappa shape index (κ1) is 20.6. The Balaban J connectivity index is 1.46. The topological polar surface area (TPSA) is 56.3 Å². The third kappa shape index (κ3) is 5.42. The smallest absolute Gasteiger partial charge is 0.248 e. The maximum Gasteiger partial charge on any atom is 0.248 e. The summed E-state index contributed by atoms with van der Waals surface area (Å²) in [5.41, 5.74) is 0. The number of amides is 2. The minimum Gasteiger partial charge on any atom is -0.372 e. The van der Waals surface area contributed by atoms with Crippen LogP contribution >= 0.6 is 0 Å². The van der Waals surface area contributed by atoms with E-state index in [-0.39, 0.29) is 18.4 Å². The van der Waals surface area contributed by atoms with Crippen LogP contribution in [0.25, 0.3) is 0 Å². The minimum absolute atomic E-state index is 0.108. The highest BCUT2D eigenvalue weighted by Crippen LogP contribution is 2.25. The number of nitrogens with zero attached hydrogens (tertiary/aromatic N) is 4. The summed E-state index contributed by atoms with van der Waals surface area (Å²) in [5.74, 6) is 0.619. The van der Waals surface area contributed by atoms with Crippen LogP contribution in [0.5, 0.6) is 0 Å². The van der Waals surface area contributed by atoms with E-state index in [1.807, 2.05) is 11.8 Å². The SMILES string of the molecule is CCOCC(=O)N1CCC(N2CCCC(C(=O)N3CCN(C)CC3)C2)CC1. The number of piperazine rings is 1. The minimum atomic E-state index is 0.108. The number of carbonyl (C=O) groups excluding carboxylic acids is 2. The first-order valence-corrected chi connectivity index (χ1v) is 10.7. The lowest BCUT2D eigenvalue weighted by Crippen LogP contribution is -2.54. The molecule has 0 N–H and O–H groups in total. The molecule has 3 fully saturated rings. The van der Waals surface area contributed by atoms with Crippen LogP contribution in [0.4, 0.5) is 0 Å². The molecule has 0 aromatic rings. The van der Waals surface area contributed by atoms with E-state index in [1.54, 1.807) is 0 Å². The number of ether oxygens (including phenoxy) is 1. The van der Waals surface area contributed by atoms with Gasteiger partial charge in [-0.2, -0.15) is 0 Å². The van der Waals surface area contributed by atoms with Crippen LogP contribution in [-0.2, 0) is 14.3 Å². The van der Waals surface area contributed by atoms with Crippen molar-refractivity contribution in [3.05, 3.63) is 0 Å². The molecule has 7 heteroatoms. The zero-order valence-electron chi connectivity index (χ0n) is 17.1. The quantitative estimate of drug-likeness (QED) is 0.695. The van der Waals surface area contributed by atoms with Crippen LogP contribution in [-0.4, -0.2) is 110 Å². The van der Waals surface area contributed by atoms with Crippen LogP contribution in [0.15, 0.2) is 0 Å². The Bertz CT molecular complexity index is 499. The fourth-order valence-corrected chi connectivity index (χ4v) is 4.59. The van der Waals surface area contributed by atoms with Gasteiger partial charge in [-0.05, 0) is 46.2 Å². The Morgan fingerprint density at radius 2 is 1.63 bits per heavy atom. The van der Waals surface area contributed by atoms with Gasteiger partial charge in [-0.3, -0.25) is 14.5 Å². The molecule has 0 aliphatic carbocycles. The Labute approximate surface area is 163 Å². The Morgan fingerprint density at radius 1 is 0.926 bits per heavy atom. The Hall–Kier alpha value is -1.18. The predicted molar refractivity (Wildman–Crippen MR) is 104 cm³/mol. The van der Waals surface area contributed by atoms with Gasteiger partial charge in [0.25, 0.3) is 0 Å². The molecule has 3 heterocycles. The molecule has 1 unspecified atom stereocenters. The van der Waals surface area contributed by atoms with Gasteiger partial charge in [0.2, 0.25) is 11.8 Å². The summed E-state index contributed by atoms with van der Waals surface area (Å²) in [5, 5.41) is 0. The average Bonchev–Trinajstić information content (AvgIpc) is 2.72. The van der Waals surface area contributed by atoms with Gasteiger partial charge in [0, 0.05) is 58.5 Å². The van der Waals surface area contributed by atoms with E-state index in [9.17, 15) is 9.59 Å². The standard InChI is InChI=1S/C20H36N4O3/c1-3-27-16-19(25)22-9-6-18(7-10-22)24-8-4-5-17(15-24)20(26)23-13-11-21(2)12-14-23/h17-18H,3-16H2,1-2H3. The highest BCUT2D eigenvalue weighted by atomic mass is 16.5. The molecule has 3 aliphatic heterocycles. The third-order valence-electron chi connectivity index (χ3n) is 6.38. The number of likely N-dealkylation sites (tertiary alicyclic amines) is 2. The van der Waals surface area contributed by atoms with E-state index in [0.29, 0.717) is 18.6 Å². The maximum absolute atomic E-state index is 12.9. The van der Waals surface area contributed by atoms with Gasteiger partial charge in [-0.15, -0.1) is 0 Å². The van der Waals surface area contributed by atoms with Crippen molar-refractivity contribution in [1.29, 1.82) is 0 Å². The van der Waals surface area contributed by atoms with Crippen molar-refractivity contribution in [3.63, 3.8) is 0 Å². The lowest BCUT2D eigenvalue weighted by Gasteiger charge is -2.43. The van der Waals surface area contributed by atoms with Gasteiger partial charge in [-0.25, -0.2) is 0 Å². The molecule has 7 nitrogen and oxygen atoms in total. The maximum atomic E-state index is 12.9. The van der Waals surface area contributed by atoms with Crippen LogP contribution in [0, 0.1) is 5.92 Å². The molecule has 0 aromatic carbocycles. The van der Waals surface area contributed by atoms with Crippen molar-refractivity contribution in [1.82, 2.24) is 19.6 Å². The first-order chi connectivity index (χ1) is 13.1. The van der Waals surface area contributed by atoms with E-state index < -0.39 is 0 Å². The summed E-state index contributed by atoms with van der Waals surface area (Å²) in [6.45, 7) is 9.99. The molecule has 0 aromatic heterocycles. The van der Waals surface area contributed by atoms with Crippen LogP contribution < -0.4 is 0 Å². The summed E-state index contributed by atoms with van der Waals surface area (Å²) in [6.07, 6.45) is 4.14. The first-order valence-electron chi connectivity index (χ1n) is 10.7. The summed E-state index contributed by atoms with van der Waals surface area (Å²) in [7, 11) is 2.12. The number of likely N-dealkylation sites (N-methyl/N-ethyl adjacent to an activating group) is 1. The van der Waals surface area contributed by atoms with E-state index >= 15 is 0 Å². The molecule has 1 atom stereocenters. The van der Waals surface area contributed by atoms with Crippen molar-refractivity contribution < 1.29 is 14.3 Å². The lowest BCUT2D eigenvalue weighted by atomic mass is 9.92. The molecule has 3 rings (SSSR count). The second-order valence-corrected chi connectivity index (χ2v) is 8.21. The zero-order valence-corrected chi connectivity index (χ0v) is 17.1. The molecule has 0 spiro atoms. The Morgan fingerprint density at radius 3 is 2.30 bits per heavy atom. The van der Waals surface area contributed by atoms with Crippen LogP contribution in [0.2, 0.25) is 0 Å². The van der Waals surface area contributed by atoms with Gasteiger partial charge in [0.05, 0.1) is 5.92 Å². The van der Waals surface area contributed by atoms with Crippen LogP contribution in [0.3, 0.4) is 0 Å². The largest absolute Gasteiger partial charge is 0.372 e. The van der Waals surface area contributed by atoms with Crippen molar-refractivity contribution in [2.24, 2.45) is 5.92 Å². The van der Waals surface area contributed by atoms with E-state index in [0.717, 1.165) is 78.0 Å². The van der Waals surface area contributed by atoms with Crippen molar-refractivity contribution >= 4 is 11.8 Å². The number of carbonyl (C=O) groups is 2. The highest BCUT2D eigenvalue weighted by Gasteiger charge is 2.34. The van der Waals surface area contributed by atoms with Crippen molar-refractivity contribution in [3.8, 4) is 0 Å². The molecule has 3 saturated heterocycles. The van der Waals surface area contributed by atoms with Crippen LogP contribution in [0.1, 0.15) is 32.6 Å². The fraction of sp³-hybridized carbons (Fsp3) is 0.900. The van der Waals surface area contributed by atoms with Gasteiger partial charge in [0.1, 0.15) is 6.61 Å². The molecule has 2 amide bonds. The van der Waals surface area contributed by atoms with E-state index in [1.165, 1.54) is 0 Å². The molecule has 0 saturated carbocycles. The predicted octanol–water partition coefficient (Wildman–Crippen LogP) is 0.500. The normalized spacial score (nSPS) is 26.4. The van der Waals surface area contributed by atoms with E-state index in [4.69, 9.17) is 4.74 Å². The second kappa shape index (κ2) is 9.85. The molecule has 27 heavy (non-hydrogen) atoms. The highest BCUT2D eigenvalue weighted by molar-refractivity contribution is 5.79. The molecule has 0 radical (unpaired) electrons. The average molecular weight is 381 g/mol. The number of piperidine rings is 2. The number of hydrogen-bond acceptors (Lipinski definition) is 5. The molecular weight excluding hydrogens is 344 g/mol. The summed E-state index contributed by atoms with van der Waals surface area (Å²) >= 11 is 0. The van der Waals surface area contributed by atoms with Gasteiger partial charge in [0.15, 0.2) is 0 Å². The summed E-state index contributed by atoms with van der Waals surface area (Å²) < 4.78 is 5.25. The summed E-state index contributed by atoms with van der Waals surface area (Å²) in [6, 6.07) is 0.504. The van der Waals surface area contributed by atoms with Gasteiger partial charge in [-0.1, -0.05) is 0 Å². The fourth-order valence-electron chi connectivity index (χ4n) is 4.59. The zero-order chi connectivity index (χ0) is 19.2. The number of rotatable bonds is 5. The summed E-state index contributed by atoms with van der Waals surface area (Å²) in [4.78, 5) is 33.9. The molecule has 0 bridgehead atoms. The van der Waals surface area contributed by atoms with E-state index in [2.05, 4.69) is 21.7 Å². The molecular formula is C20H36N4O3. The van der Waals surface area contributed by atoms with Gasteiger partial charge >= 0.3 is 0 Å². The third-order valence-corrected chi connectivity index (χ3v) is 6.38. The lowest BCUT2D eigenvalue weighted by molar-refractivity contribution is -0.139. The van der Waals surface area contributed by atoms with Gasteiger partial charge < -0.3 is 19.4 Å². The molecule has 154 valence electrons.